The van der Waals surface area contributed by atoms with E-state index in [4.69, 9.17) is 0 Å². The number of aryl methyl sites for hydroxylation is 1. The Balaban J connectivity index is 1.43. The minimum atomic E-state index is -4.50. The average molecular weight is 637 g/mol. The van der Waals surface area contributed by atoms with Crippen molar-refractivity contribution in [3.8, 4) is 6.07 Å². The highest BCUT2D eigenvalue weighted by atomic mass is 19.4. The van der Waals surface area contributed by atoms with Crippen LogP contribution in [0.5, 0.6) is 0 Å². The number of hydrogen-bond donors (Lipinski definition) is 2. The summed E-state index contributed by atoms with van der Waals surface area (Å²) in [4.78, 5) is 30.6. The summed E-state index contributed by atoms with van der Waals surface area (Å²) < 4.78 is 74.5. The first kappa shape index (κ1) is 32.2. The molecule has 0 aliphatic heterocycles. The predicted octanol–water partition coefficient (Wildman–Crippen LogP) is 5.26. The molecule has 2 atom stereocenters. The number of alkyl halides is 5. The van der Waals surface area contributed by atoms with E-state index in [1.807, 2.05) is 0 Å². The summed E-state index contributed by atoms with van der Waals surface area (Å²) in [5, 5.41) is 26.6. The molecule has 11 nitrogen and oxygen atoms in total. The van der Waals surface area contributed by atoms with Gasteiger partial charge in [0.15, 0.2) is 11.5 Å². The highest BCUT2D eigenvalue weighted by molar-refractivity contribution is 5.93. The highest BCUT2D eigenvalue weighted by Crippen LogP contribution is 2.60. The minimum Gasteiger partial charge on any atom is -0.348 e. The Morgan fingerprint density at radius 2 is 1.87 bits per heavy atom. The Bertz CT molecular complexity index is 1540. The van der Waals surface area contributed by atoms with E-state index >= 15 is 0 Å². The van der Waals surface area contributed by atoms with Crippen molar-refractivity contribution in [1.29, 1.82) is 5.26 Å². The van der Waals surface area contributed by atoms with Crippen LogP contribution in [0.1, 0.15) is 98.5 Å². The fraction of sp³-hybridized carbons (Fsp3) is 0.621. The van der Waals surface area contributed by atoms with Crippen LogP contribution in [0, 0.1) is 35.0 Å². The standard InChI is InChI=1S/C29H33F5N8O3/c1-16(24(26(15-35)8-9-26)38-21(43)13-27(10-11-27)29(32,33)34)12-20-37-19(14-42(20)36-3)23(18-4-6-28(30,31)7-5-18)39-25(44)22-17(2)40-45-41-22/h12,14,18,23-24H,3-11,13H2,1-2H3,(H,38,43)(H,39,44)/b16-12+/t23-,24-/m0/s1. The van der Waals surface area contributed by atoms with Crippen LogP contribution in [0.4, 0.5) is 22.0 Å². The fourth-order valence-corrected chi connectivity index (χ4v) is 6.05. The van der Waals surface area contributed by atoms with Crippen molar-refractivity contribution in [1.82, 2.24) is 30.6 Å². The zero-order valence-electron chi connectivity index (χ0n) is 24.8. The first-order valence-electron chi connectivity index (χ1n) is 14.6. The third-order valence-corrected chi connectivity index (χ3v) is 9.23. The van der Waals surface area contributed by atoms with Crippen LogP contribution in [-0.2, 0) is 4.79 Å². The van der Waals surface area contributed by atoms with Crippen molar-refractivity contribution in [3.05, 3.63) is 34.7 Å². The van der Waals surface area contributed by atoms with Crippen molar-refractivity contribution in [2.45, 2.75) is 95.8 Å². The molecule has 3 saturated carbocycles. The number of hydrogen-bond acceptors (Lipinski definition) is 8. The molecular formula is C29H33F5N8O3. The van der Waals surface area contributed by atoms with Crippen molar-refractivity contribution < 1.29 is 36.2 Å². The molecule has 2 aromatic heterocycles. The Hall–Kier alpha value is -4.16. The monoisotopic (exact) mass is 636 g/mol. The van der Waals surface area contributed by atoms with Gasteiger partial charge in [-0.2, -0.15) is 23.5 Å². The van der Waals surface area contributed by atoms with Gasteiger partial charge in [-0.1, -0.05) is 5.16 Å². The zero-order valence-corrected chi connectivity index (χ0v) is 24.8. The topological polar surface area (TPSA) is 151 Å². The third kappa shape index (κ3) is 6.62. The number of carbonyl (C=O) groups is 2. The summed E-state index contributed by atoms with van der Waals surface area (Å²) in [6, 6.07) is 0.482. The van der Waals surface area contributed by atoms with Gasteiger partial charge < -0.3 is 10.6 Å². The predicted molar refractivity (Wildman–Crippen MR) is 149 cm³/mol. The van der Waals surface area contributed by atoms with E-state index < -0.39 is 59.2 Å². The van der Waals surface area contributed by atoms with Gasteiger partial charge in [0.05, 0.1) is 40.9 Å². The maximum absolute atomic E-state index is 14.0. The lowest BCUT2D eigenvalue weighted by Crippen LogP contribution is -2.44. The van der Waals surface area contributed by atoms with Gasteiger partial charge in [-0.25, -0.2) is 23.1 Å². The Morgan fingerprint density at radius 1 is 1.20 bits per heavy atom. The number of nitrogens with one attached hydrogen (secondary N) is 2. The molecule has 0 spiro atoms. The van der Waals surface area contributed by atoms with Crippen molar-refractivity contribution in [2.75, 3.05) is 0 Å². The minimum absolute atomic E-state index is 0.0679. The molecule has 3 fully saturated rings. The van der Waals surface area contributed by atoms with Gasteiger partial charge in [-0.15, -0.1) is 0 Å². The molecule has 242 valence electrons. The van der Waals surface area contributed by atoms with E-state index in [2.05, 4.69) is 48.4 Å². The Kier molecular flexibility index (Phi) is 8.34. The quantitative estimate of drug-likeness (QED) is 0.252. The lowest BCUT2D eigenvalue weighted by molar-refractivity contribution is -0.190. The highest BCUT2D eigenvalue weighted by Gasteiger charge is 2.64. The van der Waals surface area contributed by atoms with Crippen LogP contribution < -0.4 is 10.6 Å². The summed E-state index contributed by atoms with van der Waals surface area (Å²) >= 11 is 0. The third-order valence-electron chi connectivity index (χ3n) is 9.23. The maximum atomic E-state index is 14.0. The van der Waals surface area contributed by atoms with E-state index in [1.165, 1.54) is 23.9 Å². The van der Waals surface area contributed by atoms with E-state index in [0.29, 0.717) is 24.1 Å². The summed E-state index contributed by atoms with van der Waals surface area (Å²) in [5.74, 6) is -4.47. The second-order valence-electron chi connectivity index (χ2n) is 12.5. The van der Waals surface area contributed by atoms with Crippen LogP contribution in [-0.4, -0.2) is 56.6 Å². The fourth-order valence-electron chi connectivity index (χ4n) is 6.05. The number of nitrogens with zero attached hydrogens (tertiary/aromatic N) is 6. The van der Waals surface area contributed by atoms with Gasteiger partial charge in [0.1, 0.15) is 5.69 Å². The van der Waals surface area contributed by atoms with Crippen molar-refractivity contribution >= 4 is 24.6 Å². The lowest BCUT2D eigenvalue weighted by Gasteiger charge is -2.33. The van der Waals surface area contributed by atoms with E-state index in [-0.39, 0.29) is 55.7 Å². The molecule has 0 radical (unpaired) electrons. The molecule has 16 heteroatoms. The maximum Gasteiger partial charge on any atom is 0.395 e. The average Bonchev–Trinajstić information content (AvgIpc) is 3.86. The van der Waals surface area contributed by atoms with Gasteiger partial charge in [0, 0.05) is 26.0 Å². The molecule has 2 aromatic rings. The van der Waals surface area contributed by atoms with E-state index in [1.54, 1.807) is 6.92 Å². The summed E-state index contributed by atoms with van der Waals surface area (Å²) in [6.07, 6.45) is -2.09. The van der Waals surface area contributed by atoms with Crippen LogP contribution in [0.2, 0.25) is 0 Å². The molecule has 45 heavy (non-hydrogen) atoms. The van der Waals surface area contributed by atoms with Gasteiger partial charge in [0.25, 0.3) is 5.91 Å². The Morgan fingerprint density at radius 3 is 2.38 bits per heavy atom. The number of rotatable bonds is 11. The lowest BCUT2D eigenvalue weighted by atomic mass is 9.81. The van der Waals surface area contributed by atoms with E-state index in [9.17, 15) is 36.8 Å². The molecule has 3 aliphatic carbocycles. The number of nitriles is 1. The van der Waals surface area contributed by atoms with Gasteiger partial charge in [-0.05, 0) is 75.1 Å². The first-order chi connectivity index (χ1) is 21.1. The number of imidazole rings is 1. The molecule has 0 saturated heterocycles. The smallest absolute Gasteiger partial charge is 0.348 e. The molecule has 2 N–H and O–H groups in total. The van der Waals surface area contributed by atoms with Gasteiger partial charge in [0.2, 0.25) is 11.8 Å². The second-order valence-corrected chi connectivity index (χ2v) is 12.5. The van der Waals surface area contributed by atoms with Gasteiger partial charge in [-0.3, -0.25) is 9.59 Å². The molecule has 5 rings (SSSR count). The molecule has 2 amide bonds. The summed E-state index contributed by atoms with van der Waals surface area (Å²) in [7, 11) is 0. The van der Waals surface area contributed by atoms with E-state index in [0.717, 1.165) is 0 Å². The van der Waals surface area contributed by atoms with Crippen LogP contribution in [0.25, 0.3) is 6.08 Å². The van der Waals surface area contributed by atoms with Gasteiger partial charge >= 0.3 is 6.18 Å². The van der Waals surface area contributed by atoms with Crippen LogP contribution in [0.15, 0.2) is 21.5 Å². The van der Waals surface area contributed by atoms with Crippen molar-refractivity contribution in [2.24, 2.45) is 21.8 Å². The number of carbonyl (C=O) groups excluding carboxylic acids is 2. The molecule has 0 aromatic carbocycles. The van der Waals surface area contributed by atoms with Crippen LogP contribution in [0.3, 0.4) is 0 Å². The molecule has 0 bridgehead atoms. The number of amides is 2. The SMILES string of the molecule is C=Nn1cc([C@@H](NC(=O)c2nonc2C)C2CCC(F)(F)CC2)nc1/C=C(\C)[C@H](NC(=O)CC1(C(F)(F)F)CC1)C1(C#N)CC1. The second kappa shape index (κ2) is 11.6. The molecule has 0 unspecified atom stereocenters. The summed E-state index contributed by atoms with van der Waals surface area (Å²) in [5.41, 5.74) is -2.11. The molecule has 3 aliphatic rings. The normalized spacial score (nSPS) is 21.7. The summed E-state index contributed by atoms with van der Waals surface area (Å²) in [6.45, 7) is 6.71. The molecular weight excluding hydrogens is 603 g/mol. The number of halogens is 5. The number of aromatic nitrogens is 4. The van der Waals surface area contributed by atoms with Crippen molar-refractivity contribution in [3.63, 3.8) is 0 Å². The Labute approximate surface area is 255 Å². The van der Waals surface area contributed by atoms with Crippen LogP contribution >= 0.6 is 0 Å². The molecule has 2 heterocycles. The zero-order chi connectivity index (χ0) is 32.8. The largest absolute Gasteiger partial charge is 0.395 e. The first-order valence-corrected chi connectivity index (χ1v) is 14.6.